The lowest BCUT2D eigenvalue weighted by molar-refractivity contribution is 0.0750. The van der Waals surface area contributed by atoms with Crippen molar-refractivity contribution in [3.8, 4) is 0 Å². The zero-order valence-corrected chi connectivity index (χ0v) is 13.0. The minimum atomic E-state index is -0.281. The summed E-state index contributed by atoms with van der Waals surface area (Å²) in [5, 5.41) is 1.20. The first kappa shape index (κ1) is 14.4. The summed E-state index contributed by atoms with van der Waals surface area (Å²) in [6, 6.07) is 10.2. The van der Waals surface area contributed by atoms with E-state index in [1.54, 1.807) is 18.2 Å². The Balaban J connectivity index is 2.01. The number of thioether (sulfide) groups is 1. The molecule has 0 aromatic heterocycles. The van der Waals surface area contributed by atoms with Crippen molar-refractivity contribution in [1.82, 2.24) is 4.90 Å². The second kappa shape index (κ2) is 5.34. The van der Waals surface area contributed by atoms with E-state index in [4.69, 9.17) is 0 Å². The maximum atomic E-state index is 13.9. The fraction of sp³-hybridized carbons (Fsp3) is 0.353. The van der Waals surface area contributed by atoms with Crippen molar-refractivity contribution < 1.29 is 9.18 Å². The number of benzene rings is 2. The molecule has 1 amide bonds. The summed E-state index contributed by atoms with van der Waals surface area (Å²) in [5.41, 5.74) is 0.592. The monoisotopic (exact) mass is 303 g/mol. The number of hydrogen-bond acceptors (Lipinski definition) is 2. The molecular formula is C17H18FNOS. The van der Waals surface area contributed by atoms with E-state index in [2.05, 4.69) is 13.8 Å². The molecule has 4 heteroatoms. The lowest BCUT2D eigenvalue weighted by Gasteiger charge is -2.37. The Hall–Kier alpha value is -1.55. The highest BCUT2D eigenvalue weighted by Gasteiger charge is 2.30. The first-order valence-corrected chi connectivity index (χ1v) is 8.07. The third-order valence-corrected chi connectivity index (χ3v) is 5.11. The number of halogens is 1. The van der Waals surface area contributed by atoms with E-state index in [-0.39, 0.29) is 16.5 Å². The first-order valence-electron chi connectivity index (χ1n) is 7.08. The molecule has 1 aliphatic heterocycles. The molecule has 0 radical (unpaired) electrons. The number of nitrogens with zero attached hydrogens (tertiary/aromatic N) is 1. The predicted octanol–water partition coefficient (Wildman–Crippen LogP) is 3.95. The maximum Gasteiger partial charge on any atom is 0.254 e. The van der Waals surface area contributed by atoms with Crippen molar-refractivity contribution >= 4 is 28.4 Å². The van der Waals surface area contributed by atoms with Crippen molar-refractivity contribution in [2.75, 3.05) is 18.8 Å². The summed E-state index contributed by atoms with van der Waals surface area (Å²) in [5.74, 6) is 0.661. The molecule has 0 unspecified atom stereocenters. The van der Waals surface area contributed by atoms with E-state index in [1.807, 2.05) is 28.8 Å². The Morgan fingerprint density at radius 3 is 2.62 bits per heavy atom. The number of fused-ring (bicyclic) bond motifs is 1. The van der Waals surface area contributed by atoms with Crippen LogP contribution in [0.5, 0.6) is 0 Å². The molecule has 0 N–H and O–H groups in total. The number of carbonyl (C=O) groups is 1. The zero-order valence-electron chi connectivity index (χ0n) is 12.2. The van der Waals surface area contributed by atoms with E-state index in [9.17, 15) is 9.18 Å². The van der Waals surface area contributed by atoms with Gasteiger partial charge in [0.15, 0.2) is 0 Å². The largest absolute Gasteiger partial charge is 0.336 e. The van der Waals surface area contributed by atoms with Gasteiger partial charge < -0.3 is 4.90 Å². The molecule has 1 aliphatic rings. The van der Waals surface area contributed by atoms with Crippen molar-refractivity contribution in [3.05, 3.63) is 47.8 Å². The first-order chi connectivity index (χ1) is 9.98. The molecule has 0 aliphatic carbocycles. The van der Waals surface area contributed by atoms with Crippen LogP contribution in [0.2, 0.25) is 0 Å². The molecule has 2 aromatic carbocycles. The van der Waals surface area contributed by atoms with Gasteiger partial charge in [-0.1, -0.05) is 24.3 Å². The summed E-state index contributed by atoms with van der Waals surface area (Å²) in [6.07, 6.45) is 0. The molecule has 2 nitrogen and oxygen atoms in total. The normalized spacial score (nSPS) is 18.0. The van der Waals surface area contributed by atoms with E-state index < -0.39 is 0 Å². The van der Waals surface area contributed by atoms with Gasteiger partial charge in [0, 0.05) is 34.5 Å². The Morgan fingerprint density at radius 2 is 1.90 bits per heavy atom. The number of hydrogen-bond donors (Lipinski definition) is 0. The highest BCUT2D eigenvalue weighted by atomic mass is 32.2. The third kappa shape index (κ3) is 2.77. The van der Waals surface area contributed by atoms with E-state index >= 15 is 0 Å². The SMILES string of the molecule is CC1(C)CN(C(=O)c2ccc(F)c3ccccc23)CCS1. The van der Waals surface area contributed by atoms with Crippen LogP contribution < -0.4 is 0 Å². The maximum absolute atomic E-state index is 13.9. The molecule has 1 saturated heterocycles. The predicted molar refractivity (Wildman–Crippen MR) is 86.3 cm³/mol. The van der Waals surface area contributed by atoms with Crippen LogP contribution >= 0.6 is 11.8 Å². The summed E-state index contributed by atoms with van der Waals surface area (Å²) in [7, 11) is 0. The van der Waals surface area contributed by atoms with Crippen LogP contribution in [0.4, 0.5) is 4.39 Å². The molecule has 0 spiro atoms. The van der Waals surface area contributed by atoms with Gasteiger partial charge in [0.25, 0.3) is 5.91 Å². The molecule has 2 aromatic rings. The zero-order chi connectivity index (χ0) is 15.0. The number of carbonyl (C=O) groups excluding carboxylic acids is 1. The Morgan fingerprint density at radius 1 is 1.19 bits per heavy atom. The summed E-state index contributed by atoms with van der Waals surface area (Å²) in [4.78, 5) is 14.7. The average Bonchev–Trinajstić information content (AvgIpc) is 2.46. The lowest BCUT2D eigenvalue weighted by Crippen LogP contribution is -2.46. The van der Waals surface area contributed by atoms with Crippen LogP contribution in [0.3, 0.4) is 0 Å². The molecule has 3 rings (SSSR count). The van der Waals surface area contributed by atoms with Gasteiger partial charge in [-0.3, -0.25) is 4.79 Å². The fourth-order valence-corrected chi connectivity index (χ4v) is 3.92. The average molecular weight is 303 g/mol. The topological polar surface area (TPSA) is 20.3 Å². The molecule has 110 valence electrons. The van der Waals surface area contributed by atoms with Crippen LogP contribution in [-0.4, -0.2) is 34.4 Å². The van der Waals surface area contributed by atoms with Crippen LogP contribution in [-0.2, 0) is 0 Å². The molecule has 1 fully saturated rings. The fourth-order valence-electron chi connectivity index (χ4n) is 2.81. The van der Waals surface area contributed by atoms with Crippen molar-refractivity contribution in [2.45, 2.75) is 18.6 Å². The molecule has 0 bridgehead atoms. The standard InChI is InChI=1S/C17H18FNOS/c1-17(2)11-19(9-10-21-17)16(20)14-7-8-15(18)13-6-4-3-5-12(13)14/h3-8H,9-11H2,1-2H3. The Bertz CT molecular complexity index is 698. The highest BCUT2D eigenvalue weighted by Crippen LogP contribution is 2.31. The smallest absolute Gasteiger partial charge is 0.254 e. The van der Waals surface area contributed by atoms with Crippen molar-refractivity contribution in [1.29, 1.82) is 0 Å². The second-order valence-electron chi connectivity index (χ2n) is 5.98. The second-order valence-corrected chi connectivity index (χ2v) is 7.78. The van der Waals surface area contributed by atoms with Gasteiger partial charge in [-0.25, -0.2) is 4.39 Å². The molecule has 1 heterocycles. The van der Waals surface area contributed by atoms with Gasteiger partial charge in [0.2, 0.25) is 0 Å². The van der Waals surface area contributed by atoms with Crippen molar-refractivity contribution in [3.63, 3.8) is 0 Å². The summed E-state index contributed by atoms with van der Waals surface area (Å²) in [6.45, 7) is 5.78. The molecule has 0 saturated carbocycles. The van der Waals surface area contributed by atoms with Crippen LogP contribution in [0.1, 0.15) is 24.2 Å². The van der Waals surface area contributed by atoms with E-state index in [0.717, 1.165) is 18.8 Å². The van der Waals surface area contributed by atoms with Crippen LogP contribution in [0, 0.1) is 5.82 Å². The van der Waals surface area contributed by atoms with Gasteiger partial charge in [-0.2, -0.15) is 11.8 Å². The van der Waals surface area contributed by atoms with Crippen LogP contribution in [0.15, 0.2) is 36.4 Å². The van der Waals surface area contributed by atoms with E-state index in [0.29, 0.717) is 16.3 Å². The number of amides is 1. The van der Waals surface area contributed by atoms with E-state index in [1.165, 1.54) is 6.07 Å². The van der Waals surface area contributed by atoms with Gasteiger partial charge in [-0.05, 0) is 31.4 Å². The molecule has 21 heavy (non-hydrogen) atoms. The van der Waals surface area contributed by atoms with Gasteiger partial charge in [-0.15, -0.1) is 0 Å². The minimum Gasteiger partial charge on any atom is -0.336 e. The number of rotatable bonds is 1. The van der Waals surface area contributed by atoms with Gasteiger partial charge >= 0.3 is 0 Å². The Labute approximate surface area is 128 Å². The van der Waals surface area contributed by atoms with Gasteiger partial charge in [0.1, 0.15) is 5.82 Å². The molecule has 0 atom stereocenters. The highest BCUT2D eigenvalue weighted by molar-refractivity contribution is 8.00. The third-order valence-electron chi connectivity index (χ3n) is 3.81. The van der Waals surface area contributed by atoms with Crippen LogP contribution in [0.25, 0.3) is 10.8 Å². The molecular weight excluding hydrogens is 285 g/mol. The quantitative estimate of drug-likeness (QED) is 0.795. The summed E-state index contributed by atoms with van der Waals surface area (Å²) >= 11 is 1.89. The van der Waals surface area contributed by atoms with Gasteiger partial charge in [0.05, 0.1) is 0 Å². The lowest BCUT2D eigenvalue weighted by atomic mass is 10.0. The summed E-state index contributed by atoms with van der Waals surface area (Å²) < 4.78 is 13.9. The van der Waals surface area contributed by atoms with Crippen molar-refractivity contribution in [2.24, 2.45) is 0 Å². The Kier molecular flexibility index (Phi) is 3.66. The minimum absolute atomic E-state index is 0.000394.